The third kappa shape index (κ3) is 3.11. The van der Waals surface area contributed by atoms with Crippen molar-refractivity contribution >= 4 is 33.3 Å². The van der Waals surface area contributed by atoms with Crippen LogP contribution in [0.2, 0.25) is 0 Å². The van der Waals surface area contributed by atoms with Crippen molar-refractivity contribution in [2.45, 2.75) is 20.4 Å². The molecular weight excluding hydrogens is 282 g/mol. The van der Waals surface area contributed by atoms with Crippen LogP contribution in [0.1, 0.15) is 17.5 Å². The highest BCUT2D eigenvalue weighted by Gasteiger charge is 2.10. The van der Waals surface area contributed by atoms with E-state index in [9.17, 15) is 0 Å². The predicted molar refractivity (Wildman–Crippen MR) is 87.9 cm³/mol. The lowest BCUT2D eigenvalue weighted by Crippen LogP contribution is -2.07. The maximum absolute atomic E-state index is 4.56. The number of aromatic nitrogens is 3. The summed E-state index contributed by atoms with van der Waals surface area (Å²) in [6, 6.07) is 8.02. The maximum atomic E-state index is 4.56. The van der Waals surface area contributed by atoms with Crippen molar-refractivity contribution in [3.05, 3.63) is 41.0 Å². The number of nitrogens with one attached hydrogen (secondary N) is 2. The van der Waals surface area contributed by atoms with Crippen LogP contribution in [-0.4, -0.2) is 21.5 Å². The van der Waals surface area contributed by atoms with Gasteiger partial charge in [0.2, 0.25) is 5.95 Å². The van der Waals surface area contributed by atoms with Crippen LogP contribution in [0.15, 0.2) is 30.5 Å². The molecule has 0 aliphatic rings. The van der Waals surface area contributed by atoms with E-state index in [4.69, 9.17) is 0 Å². The van der Waals surface area contributed by atoms with E-state index < -0.39 is 0 Å². The molecule has 0 saturated carbocycles. The number of rotatable bonds is 5. The number of anilines is 2. The fourth-order valence-electron chi connectivity index (χ4n) is 2.09. The number of aryl methyl sites for hydroxylation is 1. The van der Waals surface area contributed by atoms with Crippen LogP contribution in [0.25, 0.3) is 10.2 Å². The Hall–Kier alpha value is -2.21. The zero-order valence-electron chi connectivity index (χ0n) is 12.1. The van der Waals surface area contributed by atoms with Crippen LogP contribution in [-0.2, 0) is 6.54 Å². The second-order valence-electron chi connectivity index (χ2n) is 4.68. The van der Waals surface area contributed by atoms with Gasteiger partial charge in [-0.1, -0.05) is 6.07 Å². The summed E-state index contributed by atoms with van der Waals surface area (Å²) in [5.74, 6) is 1.52. The van der Waals surface area contributed by atoms with Crippen LogP contribution in [0.3, 0.4) is 0 Å². The van der Waals surface area contributed by atoms with Gasteiger partial charge >= 0.3 is 0 Å². The molecule has 21 heavy (non-hydrogen) atoms. The first kappa shape index (κ1) is 13.8. The number of hydrogen-bond donors (Lipinski definition) is 2. The maximum Gasteiger partial charge on any atom is 0.226 e. The lowest BCUT2D eigenvalue weighted by Gasteiger charge is -2.09. The molecule has 0 aromatic carbocycles. The monoisotopic (exact) mass is 299 g/mol. The minimum atomic E-state index is 0.646. The smallest absolute Gasteiger partial charge is 0.226 e. The third-order valence-corrected chi connectivity index (χ3v) is 3.96. The Morgan fingerprint density at radius 1 is 1.19 bits per heavy atom. The molecule has 3 rings (SSSR count). The van der Waals surface area contributed by atoms with Gasteiger partial charge in [-0.3, -0.25) is 4.98 Å². The molecule has 0 fully saturated rings. The second kappa shape index (κ2) is 6.05. The molecule has 6 heteroatoms. The quantitative estimate of drug-likeness (QED) is 0.755. The van der Waals surface area contributed by atoms with Crippen molar-refractivity contribution in [3.63, 3.8) is 0 Å². The van der Waals surface area contributed by atoms with E-state index in [1.54, 1.807) is 17.5 Å². The van der Waals surface area contributed by atoms with E-state index in [-0.39, 0.29) is 0 Å². The fourth-order valence-corrected chi connectivity index (χ4v) is 2.97. The number of nitrogens with zero attached hydrogens (tertiary/aromatic N) is 3. The Morgan fingerprint density at radius 3 is 2.86 bits per heavy atom. The first-order valence-electron chi connectivity index (χ1n) is 6.92. The fraction of sp³-hybridized carbons (Fsp3) is 0.267. The zero-order valence-corrected chi connectivity index (χ0v) is 12.9. The number of hydrogen-bond acceptors (Lipinski definition) is 6. The molecular formula is C15H17N5S. The van der Waals surface area contributed by atoms with Gasteiger partial charge in [0, 0.05) is 17.6 Å². The summed E-state index contributed by atoms with van der Waals surface area (Å²) in [7, 11) is 0. The molecule has 0 aliphatic carbocycles. The summed E-state index contributed by atoms with van der Waals surface area (Å²) in [5.41, 5.74) is 0.987. The van der Waals surface area contributed by atoms with E-state index in [1.807, 2.05) is 25.1 Å². The molecule has 0 radical (unpaired) electrons. The molecule has 0 bridgehead atoms. The van der Waals surface area contributed by atoms with Crippen molar-refractivity contribution in [1.29, 1.82) is 0 Å². The Kier molecular flexibility index (Phi) is 3.96. The van der Waals surface area contributed by atoms with Crippen molar-refractivity contribution < 1.29 is 0 Å². The van der Waals surface area contributed by atoms with Gasteiger partial charge < -0.3 is 10.6 Å². The molecule has 3 aromatic rings. The Bertz CT molecular complexity index is 738. The van der Waals surface area contributed by atoms with Crippen LogP contribution in [0, 0.1) is 6.92 Å². The molecule has 2 N–H and O–H groups in total. The lowest BCUT2D eigenvalue weighted by atomic mass is 10.3. The largest absolute Gasteiger partial charge is 0.364 e. The standard InChI is InChI=1S/C15H17N5S/c1-3-16-15-19-13(12-8-10(2)21-14(12)20-15)18-9-11-6-4-5-7-17-11/h4-8H,3,9H2,1-2H3,(H2,16,18,19,20). The first-order chi connectivity index (χ1) is 10.3. The minimum absolute atomic E-state index is 0.646. The highest BCUT2D eigenvalue weighted by molar-refractivity contribution is 7.18. The lowest BCUT2D eigenvalue weighted by molar-refractivity contribution is 1.02. The van der Waals surface area contributed by atoms with Crippen LogP contribution < -0.4 is 10.6 Å². The zero-order chi connectivity index (χ0) is 14.7. The van der Waals surface area contributed by atoms with Crippen LogP contribution in [0.4, 0.5) is 11.8 Å². The molecule has 0 unspecified atom stereocenters. The van der Waals surface area contributed by atoms with Gasteiger partial charge in [0.25, 0.3) is 0 Å². The highest BCUT2D eigenvalue weighted by Crippen LogP contribution is 2.29. The Labute approximate surface area is 127 Å². The van der Waals surface area contributed by atoms with E-state index in [2.05, 4.69) is 38.6 Å². The molecule has 0 spiro atoms. The molecule has 5 nitrogen and oxygen atoms in total. The molecule has 3 aromatic heterocycles. The predicted octanol–water partition coefficient (Wildman–Crippen LogP) is 3.44. The molecule has 0 amide bonds. The molecule has 0 atom stereocenters. The molecule has 0 saturated heterocycles. The molecule has 108 valence electrons. The summed E-state index contributed by atoms with van der Waals surface area (Å²) in [6.07, 6.45) is 1.80. The van der Waals surface area contributed by atoms with Crippen molar-refractivity contribution in [2.24, 2.45) is 0 Å². The van der Waals surface area contributed by atoms with Gasteiger partial charge in [0.15, 0.2) is 0 Å². The second-order valence-corrected chi connectivity index (χ2v) is 5.91. The van der Waals surface area contributed by atoms with Crippen molar-refractivity contribution in [3.8, 4) is 0 Å². The van der Waals surface area contributed by atoms with E-state index in [0.29, 0.717) is 12.5 Å². The van der Waals surface area contributed by atoms with Gasteiger partial charge in [-0.15, -0.1) is 11.3 Å². The first-order valence-corrected chi connectivity index (χ1v) is 7.73. The Balaban J connectivity index is 1.91. The molecule has 3 heterocycles. The SMILES string of the molecule is CCNc1nc(NCc2ccccn2)c2cc(C)sc2n1. The highest BCUT2D eigenvalue weighted by atomic mass is 32.1. The van der Waals surface area contributed by atoms with Gasteiger partial charge in [-0.2, -0.15) is 4.98 Å². The van der Waals surface area contributed by atoms with Crippen molar-refractivity contribution in [1.82, 2.24) is 15.0 Å². The third-order valence-electron chi connectivity index (χ3n) is 3.01. The summed E-state index contributed by atoms with van der Waals surface area (Å²) in [5, 5.41) is 7.61. The van der Waals surface area contributed by atoms with E-state index >= 15 is 0 Å². The molecule has 0 aliphatic heterocycles. The average Bonchev–Trinajstić information content (AvgIpc) is 2.86. The number of fused-ring (bicyclic) bond motifs is 1. The summed E-state index contributed by atoms with van der Waals surface area (Å²) in [4.78, 5) is 15.7. The number of thiophene rings is 1. The normalized spacial score (nSPS) is 10.8. The summed E-state index contributed by atoms with van der Waals surface area (Å²) in [6.45, 7) is 5.57. The van der Waals surface area contributed by atoms with Gasteiger partial charge in [-0.25, -0.2) is 4.98 Å². The average molecular weight is 299 g/mol. The summed E-state index contributed by atoms with van der Waals surface area (Å²) >= 11 is 1.68. The Morgan fingerprint density at radius 2 is 2.10 bits per heavy atom. The number of pyridine rings is 1. The minimum Gasteiger partial charge on any atom is -0.364 e. The van der Waals surface area contributed by atoms with Gasteiger partial charge in [0.05, 0.1) is 17.6 Å². The topological polar surface area (TPSA) is 62.7 Å². The van der Waals surface area contributed by atoms with Gasteiger partial charge in [0.1, 0.15) is 10.6 Å². The van der Waals surface area contributed by atoms with Crippen molar-refractivity contribution in [2.75, 3.05) is 17.2 Å². The summed E-state index contributed by atoms with van der Waals surface area (Å²) < 4.78 is 0. The van der Waals surface area contributed by atoms with E-state index in [0.717, 1.165) is 28.3 Å². The van der Waals surface area contributed by atoms with E-state index in [1.165, 1.54) is 4.88 Å². The van der Waals surface area contributed by atoms with Gasteiger partial charge in [-0.05, 0) is 32.0 Å². The van der Waals surface area contributed by atoms with Crippen LogP contribution >= 0.6 is 11.3 Å². The van der Waals surface area contributed by atoms with Crippen LogP contribution in [0.5, 0.6) is 0 Å².